The van der Waals surface area contributed by atoms with Gasteiger partial charge in [0.1, 0.15) is 6.04 Å². The van der Waals surface area contributed by atoms with Gasteiger partial charge < -0.3 is 15.7 Å². The minimum Gasteiger partial charge on any atom is -0.391 e. The summed E-state index contributed by atoms with van der Waals surface area (Å²) in [5.74, 6) is -0.549. The molecule has 0 aliphatic carbocycles. The molecular weight excluding hydrogens is 264 g/mol. The fourth-order valence-electron chi connectivity index (χ4n) is 1.55. The van der Waals surface area contributed by atoms with Gasteiger partial charge in [-0.25, -0.2) is 0 Å². The van der Waals surface area contributed by atoms with Gasteiger partial charge in [-0.3, -0.25) is 9.59 Å². The van der Waals surface area contributed by atoms with E-state index in [1.165, 1.54) is 11.3 Å². The van der Waals surface area contributed by atoms with Crippen LogP contribution in [-0.4, -0.2) is 35.6 Å². The molecule has 2 unspecified atom stereocenters. The summed E-state index contributed by atoms with van der Waals surface area (Å²) in [5, 5.41) is 16.6. The van der Waals surface area contributed by atoms with Crippen LogP contribution in [0.15, 0.2) is 17.5 Å². The molecule has 3 N–H and O–H groups in total. The molecule has 19 heavy (non-hydrogen) atoms. The van der Waals surface area contributed by atoms with E-state index < -0.39 is 12.1 Å². The zero-order valence-electron chi connectivity index (χ0n) is 11.2. The molecule has 0 aromatic carbocycles. The number of rotatable bonds is 7. The van der Waals surface area contributed by atoms with E-state index in [9.17, 15) is 14.7 Å². The molecule has 1 aromatic rings. The summed E-state index contributed by atoms with van der Waals surface area (Å²) in [6.45, 7) is 3.80. The summed E-state index contributed by atoms with van der Waals surface area (Å²) in [7, 11) is 0. The van der Waals surface area contributed by atoms with Gasteiger partial charge in [-0.15, -0.1) is 11.3 Å². The molecule has 106 valence electrons. The van der Waals surface area contributed by atoms with Crippen molar-refractivity contribution in [2.24, 2.45) is 0 Å². The minimum absolute atomic E-state index is 0.214. The fraction of sp³-hybridized carbons (Fsp3) is 0.538. The number of carbonyl (C=O) groups excluding carboxylic acids is 2. The molecule has 5 nitrogen and oxygen atoms in total. The van der Waals surface area contributed by atoms with E-state index >= 15 is 0 Å². The van der Waals surface area contributed by atoms with Crippen molar-refractivity contribution in [1.82, 2.24) is 10.6 Å². The van der Waals surface area contributed by atoms with Gasteiger partial charge >= 0.3 is 0 Å². The average Bonchev–Trinajstić information content (AvgIpc) is 2.90. The number of hydrogen-bond donors (Lipinski definition) is 3. The van der Waals surface area contributed by atoms with Crippen LogP contribution in [0.5, 0.6) is 0 Å². The highest BCUT2D eigenvalue weighted by molar-refractivity contribution is 7.12. The van der Waals surface area contributed by atoms with E-state index in [4.69, 9.17) is 0 Å². The molecule has 0 fully saturated rings. The zero-order valence-corrected chi connectivity index (χ0v) is 12.0. The minimum atomic E-state index is -0.622. The second-order valence-electron chi connectivity index (χ2n) is 4.36. The fourth-order valence-corrected chi connectivity index (χ4v) is 2.17. The maximum atomic E-state index is 11.7. The third-order valence-electron chi connectivity index (χ3n) is 2.62. The molecule has 1 aromatic heterocycles. The first-order valence-electron chi connectivity index (χ1n) is 6.34. The molecule has 0 spiro atoms. The van der Waals surface area contributed by atoms with Gasteiger partial charge in [0, 0.05) is 6.54 Å². The molecule has 6 heteroatoms. The van der Waals surface area contributed by atoms with E-state index in [1.54, 1.807) is 24.4 Å². The van der Waals surface area contributed by atoms with Gasteiger partial charge in [0.15, 0.2) is 0 Å². The van der Waals surface area contributed by atoms with Gasteiger partial charge in [0.25, 0.3) is 5.91 Å². The summed E-state index contributed by atoms with van der Waals surface area (Å²) < 4.78 is 0. The van der Waals surface area contributed by atoms with Crippen LogP contribution >= 0.6 is 11.3 Å². The Morgan fingerprint density at radius 1 is 1.47 bits per heavy atom. The van der Waals surface area contributed by atoms with Crippen LogP contribution in [0, 0.1) is 0 Å². The standard InChI is InChI=1S/C13H20N2O3S/c1-3-5-10(16)8-14-12(17)9(2)15-13(18)11-6-4-7-19-11/h4,6-7,9-10,16H,3,5,8H2,1-2H3,(H,14,17)(H,15,18). The summed E-state index contributed by atoms with van der Waals surface area (Å²) in [4.78, 5) is 24.0. The van der Waals surface area contributed by atoms with Crippen LogP contribution in [0.4, 0.5) is 0 Å². The molecule has 0 saturated heterocycles. The van der Waals surface area contributed by atoms with E-state index in [2.05, 4.69) is 10.6 Å². The molecule has 0 aliphatic rings. The number of thiophene rings is 1. The van der Waals surface area contributed by atoms with Crippen molar-refractivity contribution in [2.75, 3.05) is 6.54 Å². The number of nitrogens with one attached hydrogen (secondary N) is 2. The smallest absolute Gasteiger partial charge is 0.261 e. The normalized spacial score (nSPS) is 13.6. The van der Waals surface area contributed by atoms with Crippen molar-refractivity contribution in [2.45, 2.75) is 38.8 Å². The Bertz CT molecular complexity index is 406. The maximum Gasteiger partial charge on any atom is 0.261 e. The summed E-state index contributed by atoms with van der Waals surface area (Å²) in [6.07, 6.45) is 0.979. The van der Waals surface area contributed by atoms with Crippen molar-refractivity contribution >= 4 is 23.2 Å². The number of aliphatic hydroxyl groups excluding tert-OH is 1. The third-order valence-corrected chi connectivity index (χ3v) is 3.49. The van der Waals surface area contributed by atoms with Crippen LogP contribution in [0.25, 0.3) is 0 Å². The number of carbonyl (C=O) groups is 2. The summed E-state index contributed by atoms with van der Waals surface area (Å²) in [6, 6.07) is 2.87. The highest BCUT2D eigenvalue weighted by atomic mass is 32.1. The quantitative estimate of drug-likeness (QED) is 0.702. The predicted octanol–water partition coefficient (Wildman–Crippen LogP) is 1.14. The molecule has 2 atom stereocenters. The molecule has 1 heterocycles. The zero-order chi connectivity index (χ0) is 14.3. The first-order chi connectivity index (χ1) is 9.04. The highest BCUT2D eigenvalue weighted by Gasteiger charge is 2.17. The van der Waals surface area contributed by atoms with E-state index in [0.717, 1.165) is 6.42 Å². The Hall–Kier alpha value is -1.40. The third kappa shape index (κ3) is 5.40. The lowest BCUT2D eigenvalue weighted by Crippen LogP contribution is -2.46. The van der Waals surface area contributed by atoms with Crippen molar-refractivity contribution < 1.29 is 14.7 Å². The molecule has 2 amide bonds. The molecule has 0 radical (unpaired) electrons. The van der Waals surface area contributed by atoms with Gasteiger partial charge in [-0.1, -0.05) is 19.4 Å². The predicted molar refractivity (Wildman–Crippen MR) is 75.2 cm³/mol. The lowest BCUT2D eigenvalue weighted by atomic mass is 10.2. The van der Waals surface area contributed by atoms with E-state index in [0.29, 0.717) is 11.3 Å². The molecular formula is C13H20N2O3S. The van der Waals surface area contributed by atoms with Crippen molar-refractivity contribution in [1.29, 1.82) is 0 Å². The SMILES string of the molecule is CCCC(O)CNC(=O)C(C)NC(=O)c1cccs1. The largest absolute Gasteiger partial charge is 0.391 e. The molecule has 0 aliphatic heterocycles. The van der Waals surface area contributed by atoms with Gasteiger partial charge in [-0.05, 0) is 24.8 Å². The van der Waals surface area contributed by atoms with Gasteiger partial charge in [-0.2, -0.15) is 0 Å². The van der Waals surface area contributed by atoms with Gasteiger partial charge in [0.2, 0.25) is 5.91 Å². The summed E-state index contributed by atoms with van der Waals surface area (Å²) >= 11 is 1.33. The molecule has 1 rings (SSSR count). The molecule has 0 saturated carbocycles. The Kier molecular flexibility index (Phi) is 6.52. The average molecular weight is 284 g/mol. The highest BCUT2D eigenvalue weighted by Crippen LogP contribution is 2.08. The van der Waals surface area contributed by atoms with Crippen LogP contribution in [-0.2, 0) is 4.79 Å². The van der Waals surface area contributed by atoms with Crippen LogP contribution in [0.3, 0.4) is 0 Å². The Balaban J connectivity index is 2.34. The summed E-state index contributed by atoms with van der Waals surface area (Å²) in [5.41, 5.74) is 0. The molecule has 0 bridgehead atoms. The topological polar surface area (TPSA) is 78.4 Å². The monoisotopic (exact) mass is 284 g/mol. The lowest BCUT2D eigenvalue weighted by molar-refractivity contribution is -0.123. The van der Waals surface area contributed by atoms with E-state index in [1.807, 2.05) is 6.92 Å². The van der Waals surface area contributed by atoms with Crippen LogP contribution < -0.4 is 10.6 Å². The number of aliphatic hydroxyl groups is 1. The van der Waals surface area contributed by atoms with Gasteiger partial charge in [0.05, 0.1) is 11.0 Å². The van der Waals surface area contributed by atoms with Crippen molar-refractivity contribution in [3.8, 4) is 0 Å². The Morgan fingerprint density at radius 2 is 2.21 bits per heavy atom. The Morgan fingerprint density at radius 3 is 2.79 bits per heavy atom. The van der Waals surface area contributed by atoms with E-state index in [-0.39, 0.29) is 18.4 Å². The lowest BCUT2D eigenvalue weighted by Gasteiger charge is -2.15. The van der Waals surface area contributed by atoms with Crippen molar-refractivity contribution in [3.63, 3.8) is 0 Å². The Labute approximate surface area is 117 Å². The van der Waals surface area contributed by atoms with Crippen LogP contribution in [0.1, 0.15) is 36.4 Å². The van der Waals surface area contributed by atoms with Crippen molar-refractivity contribution in [3.05, 3.63) is 22.4 Å². The number of amides is 2. The second-order valence-corrected chi connectivity index (χ2v) is 5.31. The maximum absolute atomic E-state index is 11.7. The first kappa shape index (κ1) is 15.7. The number of hydrogen-bond acceptors (Lipinski definition) is 4. The first-order valence-corrected chi connectivity index (χ1v) is 7.22. The van der Waals surface area contributed by atoms with Crippen LogP contribution in [0.2, 0.25) is 0 Å². The second kappa shape index (κ2) is 7.91.